The van der Waals surface area contributed by atoms with Crippen LogP contribution in [0.3, 0.4) is 0 Å². The molecule has 0 radical (unpaired) electrons. The van der Waals surface area contributed by atoms with E-state index >= 15 is 0 Å². The number of piperidine rings is 1. The van der Waals surface area contributed by atoms with E-state index in [1.165, 1.54) is 24.3 Å². The van der Waals surface area contributed by atoms with Crippen molar-refractivity contribution in [2.75, 3.05) is 24.6 Å². The molecule has 0 aliphatic carbocycles. The third-order valence-electron chi connectivity index (χ3n) is 3.00. The largest absolute Gasteiger partial charge is 0.373 e. The van der Waals surface area contributed by atoms with Gasteiger partial charge < -0.3 is 15.8 Å². The van der Waals surface area contributed by atoms with E-state index in [0.29, 0.717) is 12.2 Å². The summed E-state index contributed by atoms with van der Waals surface area (Å²) in [6.07, 6.45) is 4.27. The molecule has 0 amide bonds. The van der Waals surface area contributed by atoms with Gasteiger partial charge in [0.1, 0.15) is 0 Å². The molecule has 2 atom stereocenters. The van der Waals surface area contributed by atoms with Gasteiger partial charge >= 0.3 is 0 Å². The summed E-state index contributed by atoms with van der Waals surface area (Å²) in [4.78, 5) is 0. The Bertz CT molecular complexity index is 174. The predicted molar refractivity (Wildman–Crippen MR) is 60.7 cm³/mol. The Hall–Kier alpha value is 0.230. The summed E-state index contributed by atoms with van der Waals surface area (Å²) in [5.41, 5.74) is 6.00. The maximum absolute atomic E-state index is 6.07. The average molecular weight is 216 g/mol. The number of nitrogens with one attached hydrogen (secondary N) is 1. The quantitative estimate of drug-likeness (QED) is 0.709. The number of thioether (sulfide) groups is 1. The van der Waals surface area contributed by atoms with Crippen molar-refractivity contribution in [2.24, 2.45) is 5.73 Å². The van der Waals surface area contributed by atoms with Gasteiger partial charge in [-0.25, -0.2) is 0 Å². The van der Waals surface area contributed by atoms with Crippen LogP contribution in [0, 0.1) is 0 Å². The minimum absolute atomic E-state index is 0.193. The number of nitrogens with two attached hydrogens (primary N) is 1. The molecule has 2 aliphatic heterocycles. The zero-order chi connectivity index (χ0) is 9.80. The smallest absolute Gasteiger partial charge is 0.0754 e. The number of rotatable bonds is 2. The van der Waals surface area contributed by atoms with Gasteiger partial charge in [-0.3, -0.25) is 0 Å². The second kappa shape index (κ2) is 5.35. The Morgan fingerprint density at radius 3 is 2.71 bits per heavy atom. The van der Waals surface area contributed by atoms with Gasteiger partial charge in [-0.1, -0.05) is 0 Å². The van der Waals surface area contributed by atoms with Crippen LogP contribution >= 0.6 is 11.8 Å². The van der Waals surface area contributed by atoms with Crippen molar-refractivity contribution in [3.63, 3.8) is 0 Å². The molecule has 2 rings (SSSR count). The topological polar surface area (TPSA) is 47.3 Å². The molecule has 0 aromatic rings. The first-order valence-electron chi connectivity index (χ1n) is 5.56. The Morgan fingerprint density at radius 1 is 1.21 bits per heavy atom. The summed E-state index contributed by atoms with van der Waals surface area (Å²) in [7, 11) is 0. The van der Waals surface area contributed by atoms with Crippen LogP contribution in [0.25, 0.3) is 0 Å². The van der Waals surface area contributed by atoms with E-state index in [1.54, 1.807) is 0 Å². The van der Waals surface area contributed by atoms with Crippen LogP contribution < -0.4 is 11.1 Å². The summed E-state index contributed by atoms with van der Waals surface area (Å²) in [6, 6.07) is 0.193. The lowest BCUT2D eigenvalue weighted by Gasteiger charge is -2.33. The molecule has 0 saturated carbocycles. The van der Waals surface area contributed by atoms with Crippen molar-refractivity contribution in [2.45, 2.75) is 37.5 Å². The lowest BCUT2D eigenvalue weighted by Crippen LogP contribution is -2.51. The van der Waals surface area contributed by atoms with E-state index in [1.807, 2.05) is 11.8 Å². The molecule has 2 fully saturated rings. The van der Waals surface area contributed by atoms with Crippen molar-refractivity contribution < 1.29 is 4.74 Å². The van der Waals surface area contributed by atoms with E-state index in [2.05, 4.69) is 5.32 Å². The molecular weight excluding hydrogens is 196 g/mol. The molecule has 82 valence electrons. The number of hydrogen-bond acceptors (Lipinski definition) is 4. The van der Waals surface area contributed by atoms with Gasteiger partial charge in [0.2, 0.25) is 0 Å². The fourth-order valence-electron chi connectivity index (χ4n) is 2.09. The first-order valence-corrected chi connectivity index (χ1v) is 6.71. The molecule has 2 aliphatic rings. The second-order valence-electron chi connectivity index (χ2n) is 4.14. The van der Waals surface area contributed by atoms with Crippen LogP contribution in [0.2, 0.25) is 0 Å². The SMILES string of the molecule is NC1CNCCC1OC1CCSCC1. The van der Waals surface area contributed by atoms with Crippen molar-refractivity contribution in [3.8, 4) is 0 Å². The summed E-state index contributed by atoms with van der Waals surface area (Å²) >= 11 is 2.04. The molecule has 14 heavy (non-hydrogen) atoms. The standard InChI is InChI=1S/C10H20N2OS/c11-9-7-12-4-1-10(9)13-8-2-5-14-6-3-8/h8-10,12H,1-7,11H2. The Morgan fingerprint density at radius 2 is 2.00 bits per heavy atom. The van der Waals surface area contributed by atoms with Crippen molar-refractivity contribution in [1.82, 2.24) is 5.32 Å². The Balaban J connectivity index is 1.76. The highest BCUT2D eigenvalue weighted by Gasteiger charge is 2.26. The molecule has 0 aromatic carbocycles. The first-order chi connectivity index (χ1) is 6.86. The van der Waals surface area contributed by atoms with Crippen LogP contribution in [0.5, 0.6) is 0 Å². The number of hydrogen-bond donors (Lipinski definition) is 2. The van der Waals surface area contributed by atoms with Gasteiger partial charge in [0.25, 0.3) is 0 Å². The van der Waals surface area contributed by atoms with Crippen molar-refractivity contribution in [3.05, 3.63) is 0 Å². The van der Waals surface area contributed by atoms with Gasteiger partial charge in [-0.2, -0.15) is 11.8 Å². The molecule has 0 spiro atoms. The summed E-state index contributed by atoms with van der Waals surface area (Å²) in [5.74, 6) is 2.51. The highest BCUT2D eigenvalue weighted by molar-refractivity contribution is 7.99. The zero-order valence-electron chi connectivity index (χ0n) is 8.58. The lowest BCUT2D eigenvalue weighted by atomic mass is 10.0. The van der Waals surface area contributed by atoms with Crippen LogP contribution in [-0.4, -0.2) is 42.8 Å². The molecule has 3 nitrogen and oxygen atoms in total. The van der Waals surface area contributed by atoms with Crippen LogP contribution in [0.15, 0.2) is 0 Å². The highest BCUT2D eigenvalue weighted by atomic mass is 32.2. The molecule has 2 heterocycles. The lowest BCUT2D eigenvalue weighted by molar-refractivity contribution is -0.0387. The van der Waals surface area contributed by atoms with Crippen molar-refractivity contribution >= 4 is 11.8 Å². The fourth-order valence-corrected chi connectivity index (χ4v) is 3.15. The molecular formula is C10H20N2OS. The van der Waals surface area contributed by atoms with Gasteiger partial charge in [0, 0.05) is 12.6 Å². The molecule has 0 bridgehead atoms. The second-order valence-corrected chi connectivity index (χ2v) is 5.37. The minimum atomic E-state index is 0.193. The van der Waals surface area contributed by atoms with E-state index < -0.39 is 0 Å². The first kappa shape index (κ1) is 10.7. The fraction of sp³-hybridized carbons (Fsp3) is 1.00. The van der Waals surface area contributed by atoms with Crippen LogP contribution in [-0.2, 0) is 4.74 Å². The van der Waals surface area contributed by atoms with Gasteiger partial charge in [-0.15, -0.1) is 0 Å². The molecule has 3 N–H and O–H groups in total. The maximum atomic E-state index is 6.07. The van der Waals surface area contributed by atoms with Gasteiger partial charge in [0.15, 0.2) is 0 Å². The molecule has 2 unspecified atom stereocenters. The van der Waals surface area contributed by atoms with Gasteiger partial charge in [-0.05, 0) is 37.3 Å². The normalized spacial score (nSPS) is 35.8. The monoisotopic (exact) mass is 216 g/mol. The highest BCUT2D eigenvalue weighted by Crippen LogP contribution is 2.22. The molecule has 2 saturated heterocycles. The Kier molecular flexibility index (Phi) is 4.10. The number of ether oxygens (including phenoxy) is 1. The van der Waals surface area contributed by atoms with E-state index in [-0.39, 0.29) is 6.04 Å². The van der Waals surface area contributed by atoms with Gasteiger partial charge in [0.05, 0.1) is 12.2 Å². The van der Waals surface area contributed by atoms with Crippen LogP contribution in [0.1, 0.15) is 19.3 Å². The Labute approximate surface area is 90.1 Å². The molecule has 4 heteroatoms. The third kappa shape index (κ3) is 2.86. The summed E-state index contributed by atoms with van der Waals surface area (Å²) in [6.45, 7) is 1.96. The summed E-state index contributed by atoms with van der Waals surface area (Å²) < 4.78 is 6.07. The maximum Gasteiger partial charge on any atom is 0.0754 e. The predicted octanol–water partition coefficient (Wildman–Crippen LogP) is 0.588. The van der Waals surface area contributed by atoms with Crippen molar-refractivity contribution in [1.29, 1.82) is 0 Å². The van der Waals surface area contributed by atoms with Crippen LogP contribution in [0.4, 0.5) is 0 Å². The van der Waals surface area contributed by atoms with E-state index in [4.69, 9.17) is 10.5 Å². The van der Waals surface area contributed by atoms with E-state index in [9.17, 15) is 0 Å². The summed E-state index contributed by atoms with van der Waals surface area (Å²) in [5, 5.41) is 3.29. The third-order valence-corrected chi connectivity index (χ3v) is 4.05. The van der Waals surface area contributed by atoms with E-state index in [0.717, 1.165) is 19.5 Å². The average Bonchev–Trinajstić information content (AvgIpc) is 2.23. The zero-order valence-corrected chi connectivity index (χ0v) is 9.39. The minimum Gasteiger partial charge on any atom is -0.373 e. The molecule has 0 aromatic heterocycles.